The van der Waals surface area contributed by atoms with Gasteiger partial charge in [-0.3, -0.25) is 0 Å². The second-order valence-electron chi connectivity index (χ2n) is 3.34. The predicted octanol–water partition coefficient (Wildman–Crippen LogP) is 0.980. The first kappa shape index (κ1) is 10.5. The monoisotopic (exact) mass is 195 g/mol. The van der Waals surface area contributed by atoms with Crippen molar-refractivity contribution in [3.05, 3.63) is 29.3 Å². The van der Waals surface area contributed by atoms with Crippen LogP contribution in [0.15, 0.2) is 18.2 Å². The van der Waals surface area contributed by atoms with Crippen LogP contribution in [-0.2, 0) is 6.42 Å². The normalized spacial score (nSPS) is 12.4. The number of aromatic carboxylic acids is 1. The molecule has 0 radical (unpaired) electrons. The van der Waals surface area contributed by atoms with Crippen LogP contribution in [0.1, 0.15) is 22.8 Å². The third kappa shape index (κ3) is 2.47. The van der Waals surface area contributed by atoms with E-state index < -0.39 is 5.97 Å². The largest absolute Gasteiger partial charge is 0.507 e. The van der Waals surface area contributed by atoms with Gasteiger partial charge in [-0.05, 0) is 31.0 Å². The second kappa shape index (κ2) is 4.11. The van der Waals surface area contributed by atoms with Crippen molar-refractivity contribution in [2.24, 2.45) is 5.73 Å². The zero-order valence-corrected chi connectivity index (χ0v) is 7.90. The Hall–Kier alpha value is -1.55. The van der Waals surface area contributed by atoms with Crippen LogP contribution in [-0.4, -0.2) is 22.2 Å². The Balaban J connectivity index is 3.00. The minimum absolute atomic E-state index is 0.0267. The van der Waals surface area contributed by atoms with Crippen LogP contribution in [0.5, 0.6) is 5.75 Å². The Kier molecular flexibility index (Phi) is 3.09. The van der Waals surface area contributed by atoms with Gasteiger partial charge < -0.3 is 15.9 Å². The first-order valence-electron chi connectivity index (χ1n) is 4.31. The molecule has 0 unspecified atom stereocenters. The first-order chi connectivity index (χ1) is 6.50. The maximum Gasteiger partial charge on any atom is 0.339 e. The summed E-state index contributed by atoms with van der Waals surface area (Å²) in [6.07, 6.45) is 0.598. The van der Waals surface area contributed by atoms with Gasteiger partial charge >= 0.3 is 5.97 Å². The van der Waals surface area contributed by atoms with Gasteiger partial charge in [-0.25, -0.2) is 4.79 Å². The summed E-state index contributed by atoms with van der Waals surface area (Å²) < 4.78 is 0. The summed E-state index contributed by atoms with van der Waals surface area (Å²) in [7, 11) is 0. The van der Waals surface area contributed by atoms with Gasteiger partial charge in [-0.15, -0.1) is 0 Å². The van der Waals surface area contributed by atoms with E-state index in [2.05, 4.69) is 0 Å². The first-order valence-corrected chi connectivity index (χ1v) is 4.31. The number of carbonyl (C=O) groups is 1. The number of nitrogens with two attached hydrogens (primary N) is 1. The molecular formula is C10H13NO3. The quantitative estimate of drug-likeness (QED) is 0.671. The molecule has 0 saturated heterocycles. The fourth-order valence-electron chi connectivity index (χ4n) is 1.25. The van der Waals surface area contributed by atoms with E-state index in [0.29, 0.717) is 6.42 Å². The van der Waals surface area contributed by atoms with E-state index in [-0.39, 0.29) is 17.4 Å². The van der Waals surface area contributed by atoms with E-state index >= 15 is 0 Å². The van der Waals surface area contributed by atoms with Crippen molar-refractivity contribution in [2.45, 2.75) is 19.4 Å². The Morgan fingerprint density at radius 3 is 2.71 bits per heavy atom. The van der Waals surface area contributed by atoms with Gasteiger partial charge in [0.15, 0.2) is 0 Å². The highest BCUT2D eigenvalue weighted by atomic mass is 16.4. The number of carboxylic acid groups (broad SMARTS) is 1. The third-order valence-corrected chi connectivity index (χ3v) is 1.85. The average molecular weight is 195 g/mol. The number of hydrogen-bond acceptors (Lipinski definition) is 3. The van der Waals surface area contributed by atoms with E-state index in [0.717, 1.165) is 5.56 Å². The molecule has 1 aromatic carbocycles. The highest BCUT2D eigenvalue weighted by Gasteiger charge is 2.10. The summed E-state index contributed by atoms with van der Waals surface area (Å²) in [4.78, 5) is 10.7. The second-order valence-corrected chi connectivity index (χ2v) is 3.34. The maximum absolute atomic E-state index is 10.7. The van der Waals surface area contributed by atoms with Crippen molar-refractivity contribution in [3.63, 3.8) is 0 Å². The summed E-state index contributed by atoms with van der Waals surface area (Å²) in [6.45, 7) is 1.84. The van der Waals surface area contributed by atoms with Gasteiger partial charge in [0.1, 0.15) is 11.3 Å². The molecule has 4 heteroatoms. The third-order valence-electron chi connectivity index (χ3n) is 1.85. The lowest BCUT2D eigenvalue weighted by Gasteiger charge is -2.06. The molecule has 0 amide bonds. The minimum atomic E-state index is -1.13. The molecule has 0 bridgehead atoms. The van der Waals surface area contributed by atoms with Crippen molar-refractivity contribution in [2.75, 3.05) is 0 Å². The van der Waals surface area contributed by atoms with Crippen molar-refractivity contribution < 1.29 is 15.0 Å². The molecule has 0 aliphatic carbocycles. The molecule has 4 N–H and O–H groups in total. The Morgan fingerprint density at radius 1 is 1.57 bits per heavy atom. The fourth-order valence-corrected chi connectivity index (χ4v) is 1.25. The number of benzene rings is 1. The van der Waals surface area contributed by atoms with Crippen molar-refractivity contribution in [3.8, 4) is 5.75 Å². The zero-order chi connectivity index (χ0) is 10.7. The SMILES string of the molecule is C[C@@H](N)Cc1ccc(O)c(C(=O)O)c1. The summed E-state index contributed by atoms with van der Waals surface area (Å²) in [5.41, 5.74) is 6.31. The number of aromatic hydroxyl groups is 1. The average Bonchev–Trinajstić information content (AvgIpc) is 2.07. The molecule has 0 saturated carbocycles. The summed E-state index contributed by atoms with van der Waals surface area (Å²) in [5.74, 6) is -1.35. The van der Waals surface area contributed by atoms with Crippen LogP contribution < -0.4 is 5.73 Å². The molecule has 0 aliphatic rings. The molecule has 0 heterocycles. The van der Waals surface area contributed by atoms with Gasteiger partial charge in [0, 0.05) is 6.04 Å². The number of hydrogen-bond donors (Lipinski definition) is 3. The molecule has 14 heavy (non-hydrogen) atoms. The predicted molar refractivity (Wildman–Crippen MR) is 52.4 cm³/mol. The molecule has 4 nitrogen and oxygen atoms in total. The minimum Gasteiger partial charge on any atom is -0.507 e. The zero-order valence-electron chi connectivity index (χ0n) is 7.90. The Morgan fingerprint density at radius 2 is 2.21 bits per heavy atom. The van der Waals surface area contributed by atoms with Gasteiger partial charge in [-0.1, -0.05) is 6.07 Å². The Bertz CT molecular complexity index is 347. The van der Waals surface area contributed by atoms with Gasteiger partial charge in [0.05, 0.1) is 0 Å². The molecule has 76 valence electrons. The smallest absolute Gasteiger partial charge is 0.339 e. The van der Waals surface area contributed by atoms with E-state index in [1.807, 2.05) is 6.92 Å². The van der Waals surface area contributed by atoms with Crippen molar-refractivity contribution >= 4 is 5.97 Å². The molecule has 0 spiro atoms. The lowest BCUT2D eigenvalue weighted by molar-refractivity contribution is 0.0693. The molecule has 1 aromatic rings. The molecule has 1 rings (SSSR count). The topological polar surface area (TPSA) is 83.5 Å². The maximum atomic E-state index is 10.7. The highest BCUT2D eigenvalue weighted by Crippen LogP contribution is 2.18. The summed E-state index contributed by atoms with van der Waals surface area (Å²) in [5, 5.41) is 18.0. The van der Waals surface area contributed by atoms with Crippen LogP contribution in [0, 0.1) is 0 Å². The van der Waals surface area contributed by atoms with Gasteiger partial charge in [0.2, 0.25) is 0 Å². The van der Waals surface area contributed by atoms with Crippen LogP contribution >= 0.6 is 0 Å². The Labute approximate surface area is 82.0 Å². The van der Waals surface area contributed by atoms with Gasteiger partial charge in [0.25, 0.3) is 0 Å². The molecule has 0 fully saturated rings. The van der Waals surface area contributed by atoms with E-state index in [1.54, 1.807) is 6.07 Å². The van der Waals surface area contributed by atoms with E-state index in [4.69, 9.17) is 10.8 Å². The van der Waals surface area contributed by atoms with Crippen molar-refractivity contribution in [1.82, 2.24) is 0 Å². The van der Waals surface area contributed by atoms with E-state index in [9.17, 15) is 9.90 Å². The van der Waals surface area contributed by atoms with E-state index in [1.165, 1.54) is 12.1 Å². The van der Waals surface area contributed by atoms with Crippen molar-refractivity contribution in [1.29, 1.82) is 0 Å². The lowest BCUT2D eigenvalue weighted by atomic mass is 10.0. The van der Waals surface area contributed by atoms with Crippen LogP contribution in [0.2, 0.25) is 0 Å². The highest BCUT2D eigenvalue weighted by molar-refractivity contribution is 5.90. The van der Waals surface area contributed by atoms with Gasteiger partial charge in [-0.2, -0.15) is 0 Å². The number of carboxylic acids is 1. The number of phenols is 1. The summed E-state index contributed by atoms with van der Waals surface area (Å²) >= 11 is 0. The summed E-state index contributed by atoms with van der Waals surface area (Å²) in [6, 6.07) is 4.47. The lowest BCUT2D eigenvalue weighted by Crippen LogP contribution is -2.17. The molecule has 0 aromatic heterocycles. The van der Waals surface area contributed by atoms with Crippen LogP contribution in [0.25, 0.3) is 0 Å². The molecular weight excluding hydrogens is 182 g/mol. The standard InChI is InChI=1S/C10H13NO3/c1-6(11)4-7-2-3-9(12)8(5-7)10(13)14/h2-3,5-6,12H,4,11H2,1H3,(H,13,14)/t6-/m1/s1. The fraction of sp³-hybridized carbons (Fsp3) is 0.300. The molecule has 1 atom stereocenters. The molecule has 0 aliphatic heterocycles. The van der Waals surface area contributed by atoms with Crippen LogP contribution in [0.4, 0.5) is 0 Å². The number of rotatable bonds is 3. The van der Waals surface area contributed by atoms with Crippen LogP contribution in [0.3, 0.4) is 0 Å².